The highest BCUT2D eigenvalue weighted by Gasteiger charge is 2.60. The number of rotatable bonds is 5. The molecule has 0 saturated heterocycles. The van der Waals surface area contributed by atoms with E-state index in [0.29, 0.717) is 23.7 Å². The van der Waals surface area contributed by atoms with Crippen molar-refractivity contribution in [2.45, 2.75) is 117 Å². The molecule has 0 spiro atoms. The summed E-state index contributed by atoms with van der Waals surface area (Å²) < 4.78 is 0. The lowest BCUT2D eigenvalue weighted by atomic mass is 9.46. The number of allylic oxidation sites excluding steroid dienone is 1. The van der Waals surface area contributed by atoms with Crippen molar-refractivity contribution in [3.8, 4) is 0 Å². The molecule has 172 valence electrons. The van der Waals surface area contributed by atoms with Crippen LogP contribution in [0.3, 0.4) is 0 Å². The molecule has 30 heavy (non-hydrogen) atoms. The first-order valence-electron chi connectivity index (χ1n) is 12.7. The molecule has 1 unspecified atom stereocenters. The summed E-state index contributed by atoms with van der Waals surface area (Å²) in [7, 11) is 0. The number of fused-ring (bicyclic) bond motifs is 5. The summed E-state index contributed by atoms with van der Waals surface area (Å²) in [4.78, 5) is 0. The first-order chi connectivity index (χ1) is 14.0. The van der Waals surface area contributed by atoms with E-state index in [2.05, 4.69) is 26.8 Å². The van der Waals surface area contributed by atoms with Gasteiger partial charge in [0, 0.05) is 11.8 Å². The quantitative estimate of drug-likeness (QED) is 0.519. The number of aliphatic hydroxyl groups is 3. The van der Waals surface area contributed by atoms with Crippen LogP contribution < -0.4 is 0 Å². The molecule has 3 N–H and O–H groups in total. The Labute approximate surface area is 184 Å². The SMILES string of the molecule is C[C@H](CCCC(C)(C)O)[C@H]1CC[C@H]2[C@@H]3CC=C4CC(O)C[C@H](O)[C@]4(C)[C@H]3CC[C@]12C. The van der Waals surface area contributed by atoms with E-state index in [9.17, 15) is 15.3 Å². The third kappa shape index (κ3) is 3.71. The molecule has 0 aromatic heterocycles. The average Bonchev–Trinajstić information content (AvgIpc) is 2.99. The lowest BCUT2D eigenvalue weighted by Gasteiger charge is -2.59. The van der Waals surface area contributed by atoms with Crippen LogP contribution in [0.5, 0.6) is 0 Å². The van der Waals surface area contributed by atoms with Crippen molar-refractivity contribution < 1.29 is 15.3 Å². The van der Waals surface area contributed by atoms with Crippen molar-refractivity contribution in [2.75, 3.05) is 0 Å². The van der Waals surface area contributed by atoms with Crippen LogP contribution in [0.15, 0.2) is 11.6 Å². The third-order valence-electron chi connectivity index (χ3n) is 10.4. The van der Waals surface area contributed by atoms with Gasteiger partial charge >= 0.3 is 0 Å². The van der Waals surface area contributed by atoms with Crippen molar-refractivity contribution in [3.63, 3.8) is 0 Å². The van der Waals surface area contributed by atoms with Crippen LogP contribution >= 0.6 is 0 Å². The van der Waals surface area contributed by atoms with Crippen molar-refractivity contribution in [3.05, 3.63) is 11.6 Å². The molecule has 3 saturated carbocycles. The van der Waals surface area contributed by atoms with Gasteiger partial charge in [-0.1, -0.05) is 45.3 Å². The Morgan fingerprint density at radius 3 is 2.57 bits per heavy atom. The molecule has 0 aromatic carbocycles. The highest BCUT2D eigenvalue weighted by atomic mass is 16.3. The fraction of sp³-hybridized carbons (Fsp3) is 0.926. The molecule has 4 aliphatic carbocycles. The van der Waals surface area contributed by atoms with Gasteiger partial charge in [0.15, 0.2) is 0 Å². The summed E-state index contributed by atoms with van der Waals surface area (Å²) >= 11 is 0. The molecular weight excluding hydrogens is 372 g/mol. The lowest BCUT2D eigenvalue weighted by Crippen LogP contribution is -2.55. The minimum atomic E-state index is -0.546. The summed E-state index contributed by atoms with van der Waals surface area (Å²) in [6.45, 7) is 11.2. The highest BCUT2D eigenvalue weighted by molar-refractivity contribution is 5.27. The van der Waals surface area contributed by atoms with Gasteiger partial charge in [-0.05, 0) is 93.8 Å². The van der Waals surface area contributed by atoms with Crippen LogP contribution in [0.25, 0.3) is 0 Å². The molecule has 0 heterocycles. The van der Waals surface area contributed by atoms with Crippen molar-refractivity contribution in [1.82, 2.24) is 0 Å². The van der Waals surface area contributed by atoms with Gasteiger partial charge in [0.25, 0.3) is 0 Å². The molecule has 0 amide bonds. The molecule has 4 aliphatic rings. The van der Waals surface area contributed by atoms with Gasteiger partial charge in [0.2, 0.25) is 0 Å². The monoisotopic (exact) mass is 418 g/mol. The van der Waals surface area contributed by atoms with E-state index in [0.717, 1.165) is 43.4 Å². The molecule has 3 fully saturated rings. The third-order valence-corrected chi connectivity index (χ3v) is 10.4. The van der Waals surface area contributed by atoms with Gasteiger partial charge in [0.1, 0.15) is 0 Å². The Morgan fingerprint density at radius 1 is 1.13 bits per heavy atom. The summed E-state index contributed by atoms with van der Waals surface area (Å²) in [6, 6.07) is 0. The molecule has 3 nitrogen and oxygen atoms in total. The van der Waals surface area contributed by atoms with Crippen molar-refractivity contribution in [2.24, 2.45) is 40.4 Å². The predicted molar refractivity (Wildman–Crippen MR) is 122 cm³/mol. The minimum absolute atomic E-state index is 0.125. The maximum Gasteiger partial charge on any atom is 0.0658 e. The van der Waals surface area contributed by atoms with E-state index in [4.69, 9.17) is 0 Å². The Kier molecular flexibility index (Phi) is 5.99. The van der Waals surface area contributed by atoms with Crippen molar-refractivity contribution in [1.29, 1.82) is 0 Å². The van der Waals surface area contributed by atoms with Gasteiger partial charge in [-0.15, -0.1) is 0 Å². The molecule has 0 aliphatic heterocycles. The smallest absolute Gasteiger partial charge is 0.0658 e. The molecule has 0 bridgehead atoms. The second-order valence-electron chi connectivity index (χ2n) is 12.6. The molecule has 4 rings (SSSR count). The molecule has 3 heteroatoms. The first-order valence-corrected chi connectivity index (χ1v) is 12.7. The van der Waals surface area contributed by atoms with E-state index >= 15 is 0 Å². The molecule has 9 atom stereocenters. The van der Waals surface area contributed by atoms with E-state index in [1.807, 2.05) is 13.8 Å². The molecule has 0 aromatic rings. The van der Waals surface area contributed by atoms with Gasteiger partial charge in [0.05, 0.1) is 17.8 Å². The normalized spacial score (nSPS) is 47.1. The number of aliphatic hydroxyl groups excluding tert-OH is 2. The zero-order valence-electron chi connectivity index (χ0n) is 20.0. The standard InChI is InChI=1S/C27H46O3/c1-17(7-6-13-25(2,3)30)21-10-11-22-20-9-8-18-15-19(28)16-24(29)27(18,5)23(20)12-14-26(21,22)4/h8,17,19-24,28-30H,6-7,9-16H2,1-5H3/t17-,19?,20+,21-,22+,23+,24+,26-,27+/m1/s1. The van der Waals surface area contributed by atoms with Gasteiger partial charge in [-0.25, -0.2) is 0 Å². The molecular formula is C27H46O3. The summed E-state index contributed by atoms with van der Waals surface area (Å²) in [6.07, 6.45) is 12.5. The minimum Gasteiger partial charge on any atom is -0.393 e. The second kappa shape index (κ2) is 7.89. The predicted octanol–water partition coefficient (Wildman–Crippen LogP) is 5.47. The summed E-state index contributed by atoms with van der Waals surface area (Å²) in [5.41, 5.74) is 1.10. The maximum atomic E-state index is 11.1. The van der Waals surface area contributed by atoms with Gasteiger partial charge in [-0.2, -0.15) is 0 Å². The Bertz CT molecular complexity index is 664. The Balaban J connectivity index is 1.50. The largest absolute Gasteiger partial charge is 0.393 e. The second-order valence-corrected chi connectivity index (χ2v) is 12.6. The van der Waals surface area contributed by atoms with E-state index < -0.39 is 11.7 Å². The van der Waals surface area contributed by atoms with Gasteiger partial charge < -0.3 is 15.3 Å². The average molecular weight is 419 g/mol. The van der Waals surface area contributed by atoms with Crippen LogP contribution in [-0.2, 0) is 0 Å². The highest BCUT2D eigenvalue weighted by Crippen LogP contribution is 2.67. The zero-order valence-corrected chi connectivity index (χ0v) is 20.0. The lowest BCUT2D eigenvalue weighted by molar-refractivity contribution is -0.108. The summed E-state index contributed by atoms with van der Waals surface area (Å²) in [5.74, 6) is 3.55. The fourth-order valence-electron chi connectivity index (χ4n) is 8.73. The molecule has 0 radical (unpaired) electrons. The Morgan fingerprint density at radius 2 is 1.87 bits per heavy atom. The van der Waals surface area contributed by atoms with Crippen LogP contribution in [-0.4, -0.2) is 33.1 Å². The summed E-state index contributed by atoms with van der Waals surface area (Å²) in [5, 5.41) is 31.4. The van der Waals surface area contributed by atoms with Gasteiger partial charge in [-0.3, -0.25) is 0 Å². The zero-order chi connectivity index (χ0) is 21.9. The topological polar surface area (TPSA) is 60.7 Å². The van der Waals surface area contributed by atoms with Crippen LogP contribution in [0, 0.1) is 40.4 Å². The van der Waals surface area contributed by atoms with Crippen LogP contribution in [0.1, 0.15) is 98.8 Å². The number of hydrogen-bond donors (Lipinski definition) is 3. The Hall–Kier alpha value is -0.380. The van der Waals surface area contributed by atoms with Crippen LogP contribution in [0.2, 0.25) is 0 Å². The van der Waals surface area contributed by atoms with E-state index in [1.165, 1.54) is 37.7 Å². The maximum absolute atomic E-state index is 11.1. The first kappa shape index (κ1) is 22.8. The van der Waals surface area contributed by atoms with Crippen LogP contribution in [0.4, 0.5) is 0 Å². The van der Waals surface area contributed by atoms with E-state index in [-0.39, 0.29) is 11.5 Å². The fourth-order valence-corrected chi connectivity index (χ4v) is 8.73. The number of hydrogen-bond acceptors (Lipinski definition) is 3. The van der Waals surface area contributed by atoms with E-state index in [1.54, 1.807) is 0 Å². The van der Waals surface area contributed by atoms with Crippen molar-refractivity contribution >= 4 is 0 Å².